The number of carboxylic acids is 3. The number of Topliss-reactive ketones (excluding diaryl/α,β-unsaturated/α-hetero) is 6. The molecule has 3 unspecified atom stereocenters. The van der Waals surface area contributed by atoms with Gasteiger partial charge in [0.15, 0.2) is 0 Å². The summed E-state index contributed by atoms with van der Waals surface area (Å²) in [6.45, 7) is 56.7. The zero-order valence-electron chi connectivity index (χ0n) is 65.9. The molecular weight excluding hydrogens is 1430 g/mol. The maximum atomic E-state index is 10.3. The molecule has 92 heavy (non-hydrogen) atoms. The molecule has 0 aromatic rings. The number of hydrogen-bond donors (Lipinski definition) is 0. The summed E-state index contributed by atoms with van der Waals surface area (Å²) in [5.74, 6) is 0.915. The molecule has 541 valence electrons. The van der Waals surface area contributed by atoms with E-state index in [4.69, 9.17) is 30.1 Å². The number of aliphatic carboxylic acids is 3. The largest absolute Gasteiger partial charge is 3.00 e. The van der Waals surface area contributed by atoms with Crippen LogP contribution in [0.4, 0.5) is 0 Å². The average molecular weight is 1580 g/mol. The second-order valence-electron chi connectivity index (χ2n) is 26.0. The first kappa shape index (κ1) is 120. The molecule has 0 aromatic carbocycles. The summed E-state index contributed by atoms with van der Waals surface area (Å²) in [7, 11) is 17.4. The van der Waals surface area contributed by atoms with Crippen molar-refractivity contribution >= 4 is 152 Å². The number of unbranched alkanes of at least 4 members (excludes halogenated alkanes) is 3. The Kier molecular flexibility index (Phi) is 121. The van der Waals surface area contributed by atoms with Crippen LogP contribution in [0.25, 0.3) is 0 Å². The normalized spacial score (nSPS) is 10.5. The van der Waals surface area contributed by atoms with E-state index in [1.807, 2.05) is 20.8 Å². The van der Waals surface area contributed by atoms with Gasteiger partial charge in [0.2, 0.25) is 0 Å². The Balaban J connectivity index is -0.0000000693. The van der Waals surface area contributed by atoms with Crippen molar-refractivity contribution in [1.82, 2.24) is 0 Å². The first-order valence-electron chi connectivity index (χ1n) is 35.3. The molecule has 0 amide bonds. The maximum Gasteiger partial charge on any atom is 3.00 e. The molecule has 1 radical (unpaired) electrons. The molecule has 0 saturated carbocycles. The van der Waals surface area contributed by atoms with Crippen molar-refractivity contribution < 1.29 is 101 Å². The van der Waals surface area contributed by atoms with Crippen molar-refractivity contribution in [1.29, 1.82) is 0 Å². The van der Waals surface area contributed by atoms with Crippen LogP contribution < -0.4 is 15.3 Å². The Morgan fingerprint density at radius 2 is 0.522 bits per heavy atom. The number of rotatable bonds is 37. The quantitative estimate of drug-likeness (QED) is 0.0418. The van der Waals surface area contributed by atoms with Gasteiger partial charge in [0, 0.05) is 17.9 Å². The predicted octanol–water partition coefficient (Wildman–Crippen LogP) is 18.7. The van der Waals surface area contributed by atoms with Crippen LogP contribution in [0.5, 0.6) is 0 Å². The molecule has 0 aliphatic carbocycles. The Morgan fingerprint density at radius 1 is 0.348 bits per heavy atom. The van der Waals surface area contributed by atoms with E-state index in [2.05, 4.69) is 132 Å². The van der Waals surface area contributed by atoms with Gasteiger partial charge in [-0.05, 0) is 97.8 Å². The molecule has 0 aromatic heterocycles. The van der Waals surface area contributed by atoms with E-state index < -0.39 is 71.7 Å². The summed E-state index contributed by atoms with van der Waals surface area (Å²) in [6.07, 6.45) is 10.8. The van der Waals surface area contributed by atoms with Crippen molar-refractivity contribution in [2.45, 2.75) is 348 Å². The molecular formula is C71H145Al5Cl3NdO12. The molecule has 0 saturated heterocycles. The standard InChI is InChI=1S/3C8H16O2.3C5H8O2.5C4H9.6C2H5.5Al.3ClH.Nd.H/c3*1-3-5-6-7(4-2)8(9)10;3*1-4(6)3-5(2)7;5*1-4(2)3;6*1-2;;;;;;;;;;/h3*7H,3-6H2,1-2H3,(H,9,10);3*3H2,1-2H3;5*4H,1H2,2-3H3;6*1H2,2H3;;;;;;3*1H;;/q;;;;;;;;;;;;;;;;;;4*+1;;;;+3;-1/p-6. The van der Waals surface area contributed by atoms with Crippen LogP contribution in [0.15, 0.2) is 0 Å². The van der Waals surface area contributed by atoms with Gasteiger partial charge >= 0.3 is 146 Å². The minimum absolute atomic E-state index is 0. The Bertz CT molecular complexity index is 1450. The van der Waals surface area contributed by atoms with Crippen LogP contribution in [-0.2, 0) is 43.2 Å². The molecule has 0 heterocycles. The zero-order chi connectivity index (χ0) is 74.2. The molecule has 0 fully saturated rings. The van der Waals surface area contributed by atoms with Crippen LogP contribution in [0, 0.1) is 88.2 Å². The van der Waals surface area contributed by atoms with E-state index >= 15 is 0 Å². The predicted molar refractivity (Wildman–Crippen MR) is 401 cm³/mol. The molecule has 0 spiro atoms. The summed E-state index contributed by atoms with van der Waals surface area (Å²) < 4.78 is 0. The fourth-order valence-electron chi connectivity index (χ4n) is 7.79. The molecule has 0 rings (SSSR count). The first-order chi connectivity index (χ1) is 42.0. The van der Waals surface area contributed by atoms with Crippen molar-refractivity contribution in [3.05, 3.63) is 0 Å². The zero-order valence-corrected chi connectivity index (χ0v) is 76.2. The van der Waals surface area contributed by atoms with E-state index in [0.29, 0.717) is 19.3 Å². The smallest absolute Gasteiger partial charge is 1.00 e. The molecule has 0 aliphatic heterocycles. The van der Waals surface area contributed by atoms with Gasteiger partial charge in [-0.3, -0.25) is 58.9 Å². The third-order valence-corrected chi connectivity index (χ3v) is 31.3. The number of carbonyl (C=O) groups excluding carboxylic acids is 9. The van der Waals surface area contributed by atoms with Gasteiger partial charge in [-0.2, -0.15) is 0 Å². The summed E-state index contributed by atoms with van der Waals surface area (Å²) in [4.78, 5) is 91.2. The van der Waals surface area contributed by atoms with Crippen LogP contribution in [0.1, 0.15) is 292 Å². The Morgan fingerprint density at radius 3 is 0.598 bits per heavy atom. The minimum Gasteiger partial charge on any atom is -1.00 e. The molecule has 21 heteroatoms. The van der Waals surface area contributed by atoms with Gasteiger partial charge in [0.1, 0.15) is 34.7 Å². The maximum absolute atomic E-state index is 10.3. The summed E-state index contributed by atoms with van der Waals surface area (Å²) >= 11 is -1.72. The average Bonchev–Trinajstić information content (AvgIpc) is 3.03. The summed E-state index contributed by atoms with van der Waals surface area (Å²) in [5.41, 5.74) is 0. The summed E-state index contributed by atoms with van der Waals surface area (Å²) in [6, 6.07) is 0. The molecule has 0 bridgehead atoms. The number of halogens is 3. The van der Waals surface area contributed by atoms with E-state index in [9.17, 15) is 58.5 Å². The van der Waals surface area contributed by atoms with Crippen LogP contribution in [0.3, 0.4) is 0 Å². The monoisotopic (exact) mass is 1570 g/mol. The fraction of sp³-hybridized carbons (Fsp3) is 0.873. The minimum atomic E-state index is -0.893. The number of ketones is 6. The van der Waals surface area contributed by atoms with Crippen molar-refractivity contribution in [2.75, 3.05) is 0 Å². The molecule has 12 nitrogen and oxygen atoms in total. The van der Waals surface area contributed by atoms with Crippen molar-refractivity contribution in [3.63, 3.8) is 0 Å². The van der Waals surface area contributed by atoms with E-state index in [0.717, 1.165) is 103 Å². The molecule has 0 N–H and O–H groups in total. The van der Waals surface area contributed by atoms with Gasteiger partial charge < -0.3 is 31.1 Å². The molecule has 0 aliphatic rings. The van der Waals surface area contributed by atoms with Crippen LogP contribution in [0.2, 0.25) is 58.1 Å². The second-order valence-corrected chi connectivity index (χ2v) is 44.7. The van der Waals surface area contributed by atoms with Crippen molar-refractivity contribution in [2.24, 2.45) is 47.3 Å². The summed E-state index contributed by atoms with van der Waals surface area (Å²) in [5, 5.41) is 46.0. The van der Waals surface area contributed by atoms with Gasteiger partial charge in [0.25, 0.3) is 14.1 Å². The molecule has 3 atom stereocenters. The van der Waals surface area contributed by atoms with Gasteiger partial charge in [-0.1, -0.05) is 228 Å². The second kappa shape index (κ2) is 92.3. The topological polar surface area (TPSA) is 223 Å². The van der Waals surface area contributed by atoms with Gasteiger partial charge in [-0.25, -0.2) is 0 Å². The van der Waals surface area contributed by atoms with Crippen molar-refractivity contribution in [3.8, 4) is 0 Å². The van der Waals surface area contributed by atoms with E-state index in [1.54, 1.807) is 15.8 Å². The number of hydrogen-bond acceptors (Lipinski definition) is 12. The van der Waals surface area contributed by atoms with E-state index in [-0.39, 0.29) is 114 Å². The van der Waals surface area contributed by atoms with Gasteiger partial charge in [-0.15, -0.1) is 0 Å². The van der Waals surface area contributed by atoms with Crippen LogP contribution >= 0.6 is 30.1 Å². The van der Waals surface area contributed by atoms with Gasteiger partial charge in [0.05, 0.1) is 19.3 Å². The fourth-order valence-corrected chi connectivity index (χ4v) is 15.6. The SMILES string of the molecule is CC(=O)CC(C)=O.CC(=O)CC(C)=O.CC(=O)CC(C)=O.CC(C)[CH2][Al+][CH2]C(C)C.CC(C)[CH2][Al]([CH2]C(C)C)[CH2]C(C)C.CCCCC(CC)C(=O)[O-].CCCCC(CC)C(=O)[O-].CCCCC(CC)C(=O)[O-].C[CH2][Al]([Cl])[CH2]C.C[CH2][Al]([Cl])[CH2]C.C[CH2][Al]([Cl])[CH2]C.[H-].[Nd+3]. The number of carboxylic acid groups (broad SMARTS) is 3. The van der Waals surface area contributed by atoms with E-state index in [1.165, 1.54) is 83.8 Å². The first-order valence-corrected chi connectivity index (χ1v) is 49.6. The number of carbonyl (C=O) groups is 9. The third kappa shape index (κ3) is 139. The van der Waals surface area contributed by atoms with Crippen LogP contribution in [-0.4, -0.2) is 122 Å². The third-order valence-electron chi connectivity index (χ3n) is 13.0. The Hall–Kier alpha value is 1.31. The Labute approximate surface area is 641 Å².